The number of anilines is 1. The van der Waals surface area contributed by atoms with Crippen molar-refractivity contribution in [2.45, 2.75) is 25.1 Å². The van der Waals surface area contributed by atoms with E-state index >= 15 is 0 Å². The smallest absolute Gasteiger partial charge is 0.225 e. The maximum Gasteiger partial charge on any atom is 0.225 e. The van der Waals surface area contributed by atoms with E-state index in [1.165, 1.54) is 37.1 Å². The molecule has 4 rings (SSSR count). The van der Waals surface area contributed by atoms with Crippen LogP contribution >= 0.6 is 35.7 Å². The number of nitrogens with zero attached hydrogens (tertiary/aromatic N) is 5. The summed E-state index contributed by atoms with van der Waals surface area (Å²) in [7, 11) is 0. The van der Waals surface area contributed by atoms with Crippen LogP contribution in [0.4, 0.5) is 14.7 Å². The van der Waals surface area contributed by atoms with Gasteiger partial charge in [0.1, 0.15) is 16.9 Å². The van der Waals surface area contributed by atoms with Gasteiger partial charge in [-0.15, -0.1) is 12.4 Å². The van der Waals surface area contributed by atoms with Gasteiger partial charge >= 0.3 is 0 Å². The molecule has 0 saturated carbocycles. The highest BCUT2D eigenvalue weighted by Gasteiger charge is 2.51. The van der Waals surface area contributed by atoms with Crippen LogP contribution in [0.5, 0.6) is 0 Å². The quantitative estimate of drug-likeness (QED) is 0.802. The molecule has 2 aliphatic heterocycles. The minimum atomic E-state index is -1.89. The summed E-state index contributed by atoms with van der Waals surface area (Å²) in [6.07, 6.45) is 2.78. The molecule has 27 heavy (non-hydrogen) atoms. The van der Waals surface area contributed by atoms with Crippen LogP contribution in [0.15, 0.2) is 23.5 Å². The van der Waals surface area contributed by atoms with E-state index in [1.807, 2.05) is 11.0 Å². The van der Waals surface area contributed by atoms with Crippen LogP contribution < -0.4 is 10.6 Å². The third-order valence-corrected chi connectivity index (χ3v) is 6.60. The molecule has 146 valence electrons. The fourth-order valence-electron chi connectivity index (χ4n) is 3.49. The van der Waals surface area contributed by atoms with Gasteiger partial charge in [-0.25, -0.2) is 28.1 Å². The molecule has 6 nitrogen and oxygen atoms in total. The molecule has 11 heteroatoms. The van der Waals surface area contributed by atoms with Gasteiger partial charge in [0.2, 0.25) is 5.95 Å². The van der Waals surface area contributed by atoms with Crippen molar-refractivity contribution in [2.75, 3.05) is 23.7 Å². The average molecular weight is 433 g/mol. The van der Waals surface area contributed by atoms with Crippen LogP contribution in [-0.2, 0) is 11.2 Å². The molecule has 0 bridgehead atoms. The fourth-order valence-corrected chi connectivity index (χ4v) is 5.26. The van der Waals surface area contributed by atoms with Crippen LogP contribution in [0.25, 0.3) is 0 Å². The predicted octanol–water partition coefficient (Wildman–Crippen LogP) is 3.09. The number of nitrogens with two attached hydrogens (primary N) is 1. The van der Waals surface area contributed by atoms with Gasteiger partial charge in [-0.05, 0) is 31.4 Å². The normalized spacial score (nSPS) is 25.0. The molecule has 2 aromatic rings. The lowest BCUT2D eigenvalue weighted by Gasteiger charge is -2.32. The molecule has 0 spiro atoms. The Kier molecular flexibility index (Phi) is 5.35. The first kappa shape index (κ1) is 20.2. The van der Waals surface area contributed by atoms with Crippen molar-refractivity contribution >= 4 is 46.8 Å². The summed E-state index contributed by atoms with van der Waals surface area (Å²) in [6.45, 7) is 3.71. The highest BCUT2D eigenvalue weighted by molar-refractivity contribution is 8.13. The number of hydrogen-bond acceptors (Lipinski definition) is 8. The lowest BCUT2D eigenvalue weighted by molar-refractivity contribution is 0.205. The summed E-state index contributed by atoms with van der Waals surface area (Å²) in [4.78, 5) is 16.0. The van der Waals surface area contributed by atoms with Crippen molar-refractivity contribution in [1.82, 2.24) is 14.3 Å². The second-order valence-corrected chi connectivity index (χ2v) is 8.85. The number of rotatable bonds is 3. The zero-order valence-electron chi connectivity index (χ0n) is 14.7. The number of thioether (sulfide) groups is 1. The first-order valence-electron chi connectivity index (χ1n) is 8.16. The fraction of sp³-hybridized carbons (Fsp3) is 0.500. The second kappa shape index (κ2) is 7.14. The summed E-state index contributed by atoms with van der Waals surface area (Å²) in [5, 5.41) is 0.544. The molecule has 1 unspecified atom stereocenters. The van der Waals surface area contributed by atoms with E-state index in [0.29, 0.717) is 24.2 Å². The number of hydrogen-bond donors (Lipinski definition) is 1. The van der Waals surface area contributed by atoms with E-state index in [1.54, 1.807) is 6.20 Å². The van der Waals surface area contributed by atoms with E-state index in [2.05, 4.69) is 14.3 Å². The number of aliphatic imine (C=N–C) groups is 1. The molecule has 0 aromatic carbocycles. The molecule has 1 fully saturated rings. The van der Waals surface area contributed by atoms with Crippen molar-refractivity contribution in [2.24, 2.45) is 16.6 Å². The molecular formula is C16H19ClF2N6S2. The van der Waals surface area contributed by atoms with Crippen molar-refractivity contribution in [3.8, 4) is 0 Å². The third kappa shape index (κ3) is 3.50. The Balaban J connectivity index is 0.00000210. The molecular weight excluding hydrogens is 414 g/mol. The van der Waals surface area contributed by atoms with Gasteiger partial charge in [0, 0.05) is 24.4 Å². The van der Waals surface area contributed by atoms with E-state index in [0.717, 1.165) is 16.8 Å². The monoisotopic (exact) mass is 432 g/mol. The molecule has 0 aliphatic carbocycles. The van der Waals surface area contributed by atoms with Crippen LogP contribution in [0, 0.1) is 11.7 Å². The highest BCUT2D eigenvalue weighted by Crippen LogP contribution is 2.47. The first-order chi connectivity index (χ1) is 12.3. The maximum atomic E-state index is 14.3. The number of alkyl halides is 1. The van der Waals surface area contributed by atoms with Gasteiger partial charge in [-0.1, -0.05) is 11.8 Å². The first-order valence-corrected chi connectivity index (χ1v) is 9.92. The average Bonchev–Trinajstić information content (AvgIpc) is 3.22. The Morgan fingerprint density at radius 3 is 2.85 bits per heavy atom. The molecule has 0 radical (unpaired) electrons. The maximum absolute atomic E-state index is 14.3. The summed E-state index contributed by atoms with van der Waals surface area (Å²) in [5.41, 5.74) is 3.38. The van der Waals surface area contributed by atoms with E-state index in [9.17, 15) is 8.78 Å². The van der Waals surface area contributed by atoms with E-state index < -0.39 is 17.0 Å². The van der Waals surface area contributed by atoms with Crippen molar-refractivity contribution in [3.05, 3.63) is 34.8 Å². The van der Waals surface area contributed by atoms with E-state index in [-0.39, 0.29) is 24.0 Å². The Morgan fingerprint density at radius 1 is 1.41 bits per heavy atom. The van der Waals surface area contributed by atoms with Gasteiger partial charge in [-0.3, -0.25) is 0 Å². The highest BCUT2D eigenvalue weighted by atomic mass is 35.5. The summed E-state index contributed by atoms with van der Waals surface area (Å²) in [5.74, 6) is 0.569. The van der Waals surface area contributed by atoms with Crippen molar-refractivity contribution in [1.29, 1.82) is 0 Å². The third-order valence-electron chi connectivity index (χ3n) is 4.73. The number of aromatic nitrogens is 3. The zero-order chi connectivity index (χ0) is 18.5. The van der Waals surface area contributed by atoms with Gasteiger partial charge in [0.05, 0.1) is 17.6 Å². The van der Waals surface area contributed by atoms with Gasteiger partial charge in [-0.2, -0.15) is 0 Å². The Labute approximate surface area is 170 Å². The minimum absolute atomic E-state index is 0. The minimum Gasteiger partial charge on any atom is -0.379 e. The zero-order valence-corrected chi connectivity index (χ0v) is 17.2. The Hall–Kier alpha value is -1.52. The Morgan fingerprint density at radius 2 is 2.19 bits per heavy atom. The standard InChI is InChI=1S/C16H18F2N6S2.ClH/c1-15(2,18)12-10(17)5-20-14(22-12)24-6-9-7-25-13(19)23-16(9,8-24)11-3-4-21-26-11;/h3-5,9H,6-8H2,1-2H3,(H2,19,23);1H/t9-,16?;/m0./s1. The molecule has 1 saturated heterocycles. The largest absolute Gasteiger partial charge is 0.379 e. The summed E-state index contributed by atoms with van der Waals surface area (Å²) >= 11 is 2.92. The molecule has 2 N–H and O–H groups in total. The lowest BCUT2D eigenvalue weighted by Crippen LogP contribution is -2.39. The molecule has 0 amide bonds. The molecule has 2 aliphatic rings. The van der Waals surface area contributed by atoms with Gasteiger partial charge in [0.15, 0.2) is 11.0 Å². The van der Waals surface area contributed by atoms with Crippen LogP contribution in [0.2, 0.25) is 0 Å². The van der Waals surface area contributed by atoms with Crippen molar-refractivity contribution in [3.63, 3.8) is 0 Å². The summed E-state index contributed by atoms with van der Waals surface area (Å²) in [6, 6.07) is 1.95. The summed E-state index contributed by atoms with van der Waals surface area (Å²) < 4.78 is 32.5. The number of halogens is 3. The molecule has 4 heterocycles. The SMILES string of the molecule is CC(C)(F)c1nc(N2C[C@H]3CSC(N)=NC3(c3ccns3)C2)ncc1F.Cl. The molecule has 2 aromatic heterocycles. The van der Waals surface area contributed by atoms with Gasteiger partial charge in [0.25, 0.3) is 0 Å². The topological polar surface area (TPSA) is 80.3 Å². The van der Waals surface area contributed by atoms with Crippen molar-refractivity contribution < 1.29 is 8.78 Å². The predicted molar refractivity (Wildman–Crippen MR) is 107 cm³/mol. The van der Waals surface area contributed by atoms with Gasteiger partial charge < -0.3 is 10.6 Å². The second-order valence-electron chi connectivity index (χ2n) is 6.98. The molecule has 2 atom stereocenters. The Bertz CT molecular complexity index is 857. The van der Waals surface area contributed by atoms with Crippen LogP contribution in [-0.4, -0.2) is 38.4 Å². The van der Waals surface area contributed by atoms with E-state index in [4.69, 9.17) is 10.7 Å². The number of fused-ring (bicyclic) bond motifs is 1. The number of amidine groups is 1. The lowest BCUT2D eigenvalue weighted by atomic mass is 9.87. The van der Waals surface area contributed by atoms with Crippen LogP contribution in [0.3, 0.4) is 0 Å². The van der Waals surface area contributed by atoms with Crippen LogP contribution in [0.1, 0.15) is 24.4 Å².